The molecule has 1 rings (SSSR count). The average molecular weight is 285 g/mol. The first kappa shape index (κ1) is 16.1. The number of aliphatic carboxylic acids is 1. The molecule has 0 heterocycles. The van der Waals surface area contributed by atoms with Crippen molar-refractivity contribution in [3.8, 4) is 0 Å². The quantitative estimate of drug-likeness (QED) is 0.873. The molecular formula is C14H17F2NO3. The van der Waals surface area contributed by atoms with Crippen LogP contribution in [-0.4, -0.2) is 23.0 Å². The van der Waals surface area contributed by atoms with Crippen molar-refractivity contribution in [1.82, 2.24) is 5.32 Å². The SMILES string of the molecule is Cc1cc(C(=O)NC(CC(=O)O)C(C)C)c(F)cc1F. The van der Waals surface area contributed by atoms with Gasteiger partial charge in [-0.3, -0.25) is 9.59 Å². The molecule has 1 atom stereocenters. The van der Waals surface area contributed by atoms with Gasteiger partial charge in [-0.2, -0.15) is 0 Å². The lowest BCUT2D eigenvalue weighted by Crippen LogP contribution is -2.40. The van der Waals surface area contributed by atoms with Gasteiger partial charge in [-0.1, -0.05) is 13.8 Å². The molecule has 2 N–H and O–H groups in total. The lowest BCUT2D eigenvalue weighted by Gasteiger charge is -2.20. The molecule has 6 heteroatoms. The first-order chi connectivity index (χ1) is 9.22. The number of rotatable bonds is 5. The van der Waals surface area contributed by atoms with Crippen molar-refractivity contribution in [1.29, 1.82) is 0 Å². The Morgan fingerprint density at radius 3 is 2.35 bits per heavy atom. The molecule has 0 aliphatic rings. The third-order valence-corrected chi connectivity index (χ3v) is 3.01. The Kier molecular flexibility index (Phi) is 5.19. The highest BCUT2D eigenvalue weighted by Crippen LogP contribution is 2.15. The number of aryl methyl sites for hydroxylation is 1. The number of amides is 1. The molecule has 110 valence electrons. The molecule has 0 radical (unpaired) electrons. The van der Waals surface area contributed by atoms with Crippen LogP contribution < -0.4 is 5.32 Å². The molecule has 1 amide bonds. The van der Waals surface area contributed by atoms with Crippen LogP contribution in [0.4, 0.5) is 8.78 Å². The van der Waals surface area contributed by atoms with Crippen LogP contribution in [0.2, 0.25) is 0 Å². The van der Waals surface area contributed by atoms with E-state index in [-0.39, 0.29) is 23.5 Å². The van der Waals surface area contributed by atoms with Crippen LogP contribution in [0.15, 0.2) is 12.1 Å². The topological polar surface area (TPSA) is 66.4 Å². The van der Waals surface area contributed by atoms with Crippen LogP contribution in [0.3, 0.4) is 0 Å². The van der Waals surface area contributed by atoms with E-state index in [0.29, 0.717) is 6.07 Å². The van der Waals surface area contributed by atoms with Crippen molar-refractivity contribution >= 4 is 11.9 Å². The van der Waals surface area contributed by atoms with E-state index in [2.05, 4.69) is 5.32 Å². The number of halogens is 2. The molecule has 20 heavy (non-hydrogen) atoms. The Balaban J connectivity index is 2.94. The van der Waals surface area contributed by atoms with E-state index in [4.69, 9.17) is 5.11 Å². The second-order valence-corrected chi connectivity index (χ2v) is 5.00. The molecule has 0 fully saturated rings. The van der Waals surface area contributed by atoms with Crippen molar-refractivity contribution < 1.29 is 23.5 Å². The van der Waals surface area contributed by atoms with Gasteiger partial charge in [0, 0.05) is 12.1 Å². The first-order valence-electron chi connectivity index (χ1n) is 6.20. The van der Waals surface area contributed by atoms with Gasteiger partial charge in [-0.15, -0.1) is 0 Å². The third-order valence-electron chi connectivity index (χ3n) is 3.01. The number of carbonyl (C=O) groups excluding carboxylic acids is 1. The normalized spacial score (nSPS) is 12.3. The number of carboxylic acid groups (broad SMARTS) is 1. The summed E-state index contributed by atoms with van der Waals surface area (Å²) in [4.78, 5) is 22.7. The second-order valence-electron chi connectivity index (χ2n) is 5.00. The minimum absolute atomic E-state index is 0.125. The Morgan fingerprint density at radius 2 is 1.85 bits per heavy atom. The van der Waals surface area contributed by atoms with Gasteiger partial charge < -0.3 is 10.4 Å². The van der Waals surface area contributed by atoms with Gasteiger partial charge in [0.1, 0.15) is 11.6 Å². The maximum Gasteiger partial charge on any atom is 0.305 e. The highest BCUT2D eigenvalue weighted by Gasteiger charge is 2.22. The predicted molar refractivity (Wildman–Crippen MR) is 69.4 cm³/mol. The molecule has 0 aliphatic carbocycles. The fourth-order valence-corrected chi connectivity index (χ4v) is 1.72. The van der Waals surface area contributed by atoms with Crippen LogP contribution in [0.25, 0.3) is 0 Å². The molecule has 0 saturated carbocycles. The predicted octanol–water partition coefficient (Wildman–Crippen LogP) is 2.50. The summed E-state index contributed by atoms with van der Waals surface area (Å²) in [5.74, 6) is -3.63. The number of carboxylic acids is 1. The van der Waals surface area contributed by atoms with E-state index < -0.39 is 29.6 Å². The number of hydrogen-bond acceptors (Lipinski definition) is 2. The monoisotopic (exact) mass is 285 g/mol. The summed E-state index contributed by atoms with van der Waals surface area (Å²) in [7, 11) is 0. The van der Waals surface area contributed by atoms with Crippen molar-refractivity contribution in [2.75, 3.05) is 0 Å². The minimum Gasteiger partial charge on any atom is -0.481 e. The summed E-state index contributed by atoms with van der Waals surface area (Å²) in [6, 6.07) is 1.13. The van der Waals surface area contributed by atoms with E-state index in [0.717, 1.165) is 6.07 Å². The molecule has 0 spiro atoms. The zero-order valence-electron chi connectivity index (χ0n) is 11.5. The summed E-state index contributed by atoms with van der Waals surface area (Å²) in [5.41, 5.74) is -0.143. The van der Waals surface area contributed by atoms with Gasteiger partial charge in [0.2, 0.25) is 0 Å². The van der Waals surface area contributed by atoms with Gasteiger partial charge in [0.15, 0.2) is 0 Å². The van der Waals surface area contributed by atoms with Crippen LogP contribution in [-0.2, 0) is 4.79 Å². The van der Waals surface area contributed by atoms with Gasteiger partial charge in [-0.05, 0) is 24.5 Å². The molecule has 0 aromatic heterocycles. The number of nitrogens with one attached hydrogen (secondary N) is 1. The van der Waals surface area contributed by atoms with Crippen molar-refractivity contribution in [2.45, 2.75) is 33.2 Å². The Bertz CT molecular complexity index is 529. The minimum atomic E-state index is -1.06. The Morgan fingerprint density at radius 1 is 1.25 bits per heavy atom. The maximum atomic E-state index is 13.6. The fourth-order valence-electron chi connectivity index (χ4n) is 1.72. The van der Waals surface area contributed by atoms with Crippen molar-refractivity contribution in [2.24, 2.45) is 5.92 Å². The first-order valence-corrected chi connectivity index (χ1v) is 6.20. The van der Waals surface area contributed by atoms with Crippen LogP contribution in [0, 0.1) is 24.5 Å². The number of carbonyl (C=O) groups is 2. The molecule has 1 unspecified atom stereocenters. The van der Waals surface area contributed by atoms with Crippen LogP contribution in [0.5, 0.6) is 0 Å². The summed E-state index contributed by atoms with van der Waals surface area (Å²) >= 11 is 0. The zero-order valence-corrected chi connectivity index (χ0v) is 11.5. The Labute approximate surface area is 115 Å². The largest absolute Gasteiger partial charge is 0.481 e. The molecule has 4 nitrogen and oxygen atoms in total. The Hall–Kier alpha value is -1.98. The van der Waals surface area contributed by atoms with E-state index in [9.17, 15) is 18.4 Å². The molecule has 0 aliphatic heterocycles. The molecular weight excluding hydrogens is 268 g/mol. The summed E-state index contributed by atoms with van der Waals surface area (Å²) in [5, 5.41) is 11.2. The number of benzene rings is 1. The standard InChI is InChI=1S/C14H17F2NO3/c1-7(2)12(6-13(18)19)17-14(20)9-4-8(3)10(15)5-11(9)16/h4-5,7,12H,6H2,1-3H3,(H,17,20)(H,18,19). The van der Waals surface area contributed by atoms with E-state index in [1.54, 1.807) is 13.8 Å². The van der Waals surface area contributed by atoms with Gasteiger partial charge in [0.25, 0.3) is 5.91 Å². The van der Waals surface area contributed by atoms with Crippen LogP contribution in [0.1, 0.15) is 36.2 Å². The maximum absolute atomic E-state index is 13.6. The summed E-state index contributed by atoms with van der Waals surface area (Å²) < 4.78 is 26.7. The summed E-state index contributed by atoms with van der Waals surface area (Å²) in [6.07, 6.45) is -0.259. The van der Waals surface area contributed by atoms with Crippen molar-refractivity contribution in [3.63, 3.8) is 0 Å². The lowest BCUT2D eigenvalue weighted by molar-refractivity contribution is -0.137. The van der Waals surface area contributed by atoms with Gasteiger partial charge in [-0.25, -0.2) is 8.78 Å². The fraction of sp³-hybridized carbons (Fsp3) is 0.429. The van der Waals surface area contributed by atoms with E-state index in [1.807, 2.05) is 0 Å². The molecule has 0 saturated heterocycles. The molecule has 0 bridgehead atoms. The number of hydrogen-bond donors (Lipinski definition) is 2. The summed E-state index contributed by atoms with van der Waals surface area (Å²) in [6.45, 7) is 4.92. The van der Waals surface area contributed by atoms with E-state index in [1.165, 1.54) is 6.92 Å². The second kappa shape index (κ2) is 6.45. The van der Waals surface area contributed by atoms with Crippen molar-refractivity contribution in [3.05, 3.63) is 34.9 Å². The van der Waals surface area contributed by atoms with Crippen LogP contribution >= 0.6 is 0 Å². The highest BCUT2D eigenvalue weighted by molar-refractivity contribution is 5.95. The third kappa shape index (κ3) is 4.01. The zero-order chi connectivity index (χ0) is 15.4. The average Bonchev–Trinajstić information content (AvgIpc) is 2.32. The highest BCUT2D eigenvalue weighted by atomic mass is 19.1. The molecule has 1 aromatic rings. The molecule has 1 aromatic carbocycles. The van der Waals surface area contributed by atoms with E-state index >= 15 is 0 Å². The lowest BCUT2D eigenvalue weighted by atomic mass is 10.00. The van der Waals surface area contributed by atoms with Gasteiger partial charge >= 0.3 is 5.97 Å². The smallest absolute Gasteiger partial charge is 0.305 e. The van der Waals surface area contributed by atoms with Gasteiger partial charge in [0.05, 0.1) is 12.0 Å².